The maximum Gasteiger partial charge on any atom is 0.0713 e. The fourth-order valence-corrected chi connectivity index (χ4v) is 3.72. The molecular weight excluding hydrogens is 334 g/mol. The molecule has 3 nitrogen and oxygen atoms in total. The summed E-state index contributed by atoms with van der Waals surface area (Å²) in [7, 11) is 0. The molecule has 0 aliphatic carbocycles. The third-order valence-corrected chi connectivity index (χ3v) is 5.79. The van der Waals surface area contributed by atoms with E-state index in [-0.39, 0.29) is 6.61 Å². The molecule has 0 radical (unpaired) electrons. The first-order chi connectivity index (χ1) is 13.0. The van der Waals surface area contributed by atoms with E-state index in [0.29, 0.717) is 6.54 Å². The van der Waals surface area contributed by atoms with E-state index >= 15 is 0 Å². The van der Waals surface area contributed by atoms with Crippen molar-refractivity contribution in [3.63, 3.8) is 0 Å². The van der Waals surface area contributed by atoms with Crippen LogP contribution in [0.4, 0.5) is 0 Å². The van der Waals surface area contributed by atoms with Gasteiger partial charge in [-0.3, -0.25) is 0 Å². The Morgan fingerprint density at radius 3 is 2.19 bits per heavy atom. The van der Waals surface area contributed by atoms with Crippen LogP contribution in [0.5, 0.6) is 0 Å². The van der Waals surface area contributed by atoms with Crippen LogP contribution in [0.1, 0.15) is 19.4 Å². The van der Waals surface area contributed by atoms with Gasteiger partial charge in [0.15, 0.2) is 0 Å². The van der Waals surface area contributed by atoms with Crippen molar-refractivity contribution >= 4 is 32.3 Å². The molecule has 0 aliphatic rings. The number of rotatable bonds is 5. The van der Waals surface area contributed by atoms with Gasteiger partial charge in [0.1, 0.15) is 0 Å². The Morgan fingerprint density at radius 2 is 1.48 bits per heavy atom. The first-order valence-corrected chi connectivity index (χ1v) is 9.39. The van der Waals surface area contributed by atoms with E-state index in [4.69, 9.17) is 0 Å². The summed E-state index contributed by atoms with van der Waals surface area (Å²) in [6, 6.07) is 23.5. The number of nitrogens with one attached hydrogen (secondary N) is 1. The Labute approximate surface area is 159 Å². The summed E-state index contributed by atoms with van der Waals surface area (Å²) in [5.41, 5.74) is 0.421. The molecule has 4 aromatic carbocycles. The summed E-state index contributed by atoms with van der Waals surface area (Å²) in [4.78, 5) is 0. The van der Waals surface area contributed by atoms with Crippen LogP contribution >= 0.6 is 0 Å². The predicted molar refractivity (Wildman–Crippen MR) is 113 cm³/mol. The Balaban J connectivity index is 1.92. The van der Waals surface area contributed by atoms with E-state index in [1.165, 1.54) is 32.3 Å². The number of hydrogen-bond acceptors (Lipinski definition) is 3. The number of aliphatic hydroxyl groups is 2. The van der Waals surface area contributed by atoms with Gasteiger partial charge >= 0.3 is 0 Å². The highest BCUT2D eigenvalue weighted by molar-refractivity contribution is 6.18. The van der Waals surface area contributed by atoms with Gasteiger partial charge in [-0.05, 0) is 57.8 Å². The maximum atomic E-state index is 10.1. The number of benzene rings is 4. The lowest BCUT2D eigenvalue weighted by molar-refractivity contribution is 0.0404. The Hall–Kier alpha value is -2.46. The third kappa shape index (κ3) is 3.08. The van der Waals surface area contributed by atoms with E-state index in [0.717, 1.165) is 5.56 Å². The molecule has 1 unspecified atom stereocenters. The van der Waals surface area contributed by atoms with Crippen LogP contribution in [0, 0.1) is 0 Å². The molecule has 3 heteroatoms. The third-order valence-electron chi connectivity index (χ3n) is 5.79. The van der Waals surface area contributed by atoms with Crippen LogP contribution in [-0.2, 0) is 6.54 Å². The summed E-state index contributed by atoms with van der Waals surface area (Å²) >= 11 is 0. The minimum absolute atomic E-state index is 0.126. The molecule has 0 bridgehead atoms. The van der Waals surface area contributed by atoms with Gasteiger partial charge in [-0.1, -0.05) is 60.7 Å². The largest absolute Gasteiger partial charge is 0.394 e. The van der Waals surface area contributed by atoms with Crippen LogP contribution in [0.3, 0.4) is 0 Å². The quantitative estimate of drug-likeness (QED) is 0.464. The smallest absolute Gasteiger partial charge is 0.0713 e. The second-order valence-electron chi connectivity index (χ2n) is 7.57. The van der Waals surface area contributed by atoms with E-state index in [1.807, 2.05) is 6.92 Å². The minimum atomic E-state index is -0.741. The first kappa shape index (κ1) is 17.9. The van der Waals surface area contributed by atoms with E-state index in [1.54, 1.807) is 6.92 Å². The average Bonchev–Trinajstić information content (AvgIpc) is 2.71. The lowest BCUT2D eigenvalue weighted by atomic mass is 9.92. The number of hydrogen-bond donors (Lipinski definition) is 3. The lowest BCUT2D eigenvalue weighted by Crippen LogP contribution is -2.53. The van der Waals surface area contributed by atoms with Crippen molar-refractivity contribution in [1.29, 1.82) is 0 Å². The van der Waals surface area contributed by atoms with Gasteiger partial charge in [-0.25, -0.2) is 0 Å². The molecule has 0 saturated heterocycles. The van der Waals surface area contributed by atoms with Gasteiger partial charge in [0.25, 0.3) is 0 Å². The molecule has 0 heterocycles. The fraction of sp³-hybridized carbons (Fsp3) is 0.250. The Kier molecular flexibility index (Phi) is 4.60. The summed E-state index contributed by atoms with van der Waals surface area (Å²) < 4.78 is 0. The predicted octanol–water partition coefficient (Wildman–Crippen LogP) is 4.37. The van der Waals surface area contributed by atoms with Crippen molar-refractivity contribution in [2.45, 2.75) is 32.0 Å². The second kappa shape index (κ2) is 6.93. The van der Waals surface area contributed by atoms with E-state index < -0.39 is 11.6 Å². The van der Waals surface area contributed by atoms with E-state index in [2.05, 4.69) is 72.0 Å². The maximum absolute atomic E-state index is 10.1. The molecule has 0 fully saturated rings. The van der Waals surface area contributed by atoms with Crippen LogP contribution in [0.15, 0.2) is 66.7 Å². The fourth-order valence-electron chi connectivity index (χ4n) is 3.72. The highest BCUT2D eigenvalue weighted by Crippen LogP contribution is 2.33. The van der Waals surface area contributed by atoms with Crippen molar-refractivity contribution in [2.75, 3.05) is 6.61 Å². The summed E-state index contributed by atoms with van der Waals surface area (Å²) in [5.74, 6) is 0. The first-order valence-electron chi connectivity index (χ1n) is 9.39. The lowest BCUT2D eigenvalue weighted by Gasteiger charge is -2.32. The zero-order chi connectivity index (χ0) is 19.0. The molecule has 27 heavy (non-hydrogen) atoms. The standard InChI is InChI=1S/C24H25NO2/c1-16(27)24(2,15-26)25-14-18-13-23-19-8-4-3-7-17(19)11-12-22(23)21-10-6-5-9-20(18)21/h3-13,16,25-27H,14-15H2,1-2H3/t16-,24?/m1/s1. The number of fused-ring (bicyclic) bond motifs is 5. The highest BCUT2D eigenvalue weighted by atomic mass is 16.3. The molecule has 3 N–H and O–H groups in total. The minimum Gasteiger partial charge on any atom is -0.394 e. The SMILES string of the molecule is C[C@@H](O)C(C)(CO)NCc1cc2c3ccccc3ccc2c2ccccc12. The van der Waals surface area contributed by atoms with Gasteiger partial charge in [-0.2, -0.15) is 0 Å². The second-order valence-corrected chi connectivity index (χ2v) is 7.57. The van der Waals surface area contributed by atoms with Gasteiger partial charge in [0.2, 0.25) is 0 Å². The van der Waals surface area contributed by atoms with Crippen molar-refractivity contribution in [1.82, 2.24) is 5.32 Å². The molecule has 0 saturated carbocycles. The molecule has 0 aromatic heterocycles. The average molecular weight is 359 g/mol. The molecule has 2 atom stereocenters. The van der Waals surface area contributed by atoms with Gasteiger partial charge in [0, 0.05) is 6.54 Å². The number of aliphatic hydroxyl groups excluding tert-OH is 2. The zero-order valence-electron chi connectivity index (χ0n) is 15.7. The van der Waals surface area contributed by atoms with Crippen LogP contribution < -0.4 is 5.32 Å². The molecule has 138 valence electrons. The Morgan fingerprint density at radius 1 is 0.852 bits per heavy atom. The van der Waals surface area contributed by atoms with E-state index in [9.17, 15) is 10.2 Å². The molecule has 0 amide bonds. The normalized spacial score (nSPS) is 15.3. The monoisotopic (exact) mass is 359 g/mol. The summed E-state index contributed by atoms with van der Waals surface area (Å²) in [6.45, 7) is 3.99. The van der Waals surface area contributed by atoms with Crippen molar-refractivity contribution in [3.8, 4) is 0 Å². The molecule has 4 rings (SSSR count). The van der Waals surface area contributed by atoms with Crippen LogP contribution in [0.25, 0.3) is 32.3 Å². The van der Waals surface area contributed by atoms with Gasteiger partial charge in [0.05, 0.1) is 18.2 Å². The Bertz CT molecular complexity index is 1120. The van der Waals surface area contributed by atoms with Crippen molar-refractivity contribution < 1.29 is 10.2 Å². The molecular formula is C24H25NO2. The van der Waals surface area contributed by atoms with Crippen LogP contribution in [0.2, 0.25) is 0 Å². The van der Waals surface area contributed by atoms with Crippen molar-refractivity contribution in [2.24, 2.45) is 0 Å². The molecule has 4 aromatic rings. The van der Waals surface area contributed by atoms with Crippen LogP contribution in [-0.4, -0.2) is 28.5 Å². The topological polar surface area (TPSA) is 52.5 Å². The molecule has 0 aliphatic heterocycles. The molecule has 0 spiro atoms. The summed E-state index contributed by atoms with van der Waals surface area (Å²) in [6.07, 6.45) is -0.657. The summed E-state index contributed by atoms with van der Waals surface area (Å²) in [5, 5.41) is 30.5. The van der Waals surface area contributed by atoms with Gasteiger partial charge < -0.3 is 15.5 Å². The highest BCUT2D eigenvalue weighted by Gasteiger charge is 2.28. The van der Waals surface area contributed by atoms with Crippen molar-refractivity contribution in [3.05, 3.63) is 72.3 Å². The van der Waals surface area contributed by atoms with Gasteiger partial charge in [-0.15, -0.1) is 0 Å². The zero-order valence-corrected chi connectivity index (χ0v) is 15.7.